The average Bonchev–Trinajstić information content (AvgIpc) is 2.28. The highest BCUT2D eigenvalue weighted by molar-refractivity contribution is 5.95. The highest BCUT2D eigenvalue weighted by atomic mass is 16.2. The molecule has 1 rings (SSSR count). The lowest BCUT2D eigenvalue weighted by Crippen LogP contribution is -2.25. The van der Waals surface area contributed by atoms with E-state index in [0.717, 1.165) is 6.42 Å². The molecular formula is C12H17N3O2. The highest BCUT2D eigenvalue weighted by Crippen LogP contribution is 2.01. The first-order chi connectivity index (χ1) is 8.00. The van der Waals surface area contributed by atoms with Crippen LogP contribution in [0.15, 0.2) is 18.3 Å². The Bertz CT molecular complexity index is 399. The van der Waals surface area contributed by atoms with Crippen LogP contribution in [0.3, 0.4) is 0 Å². The predicted octanol–water partition coefficient (Wildman–Crippen LogP) is 0.956. The molecule has 92 valence electrons. The van der Waals surface area contributed by atoms with Crippen LogP contribution in [-0.4, -0.2) is 23.3 Å². The second kappa shape index (κ2) is 5.98. The van der Waals surface area contributed by atoms with E-state index in [9.17, 15) is 9.59 Å². The lowest BCUT2D eigenvalue weighted by molar-refractivity contribution is 0.0948. The first kappa shape index (κ1) is 13.2. The lowest BCUT2D eigenvalue weighted by atomic mass is 10.1. The van der Waals surface area contributed by atoms with Crippen molar-refractivity contribution in [2.75, 3.05) is 6.54 Å². The number of primary amides is 1. The topological polar surface area (TPSA) is 85.1 Å². The zero-order chi connectivity index (χ0) is 12.8. The van der Waals surface area contributed by atoms with Crippen LogP contribution in [0.25, 0.3) is 0 Å². The summed E-state index contributed by atoms with van der Waals surface area (Å²) in [5.41, 5.74) is 5.64. The minimum Gasteiger partial charge on any atom is -0.364 e. The summed E-state index contributed by atoms with van der Waals surface area (Å²) in [6.45, 7) is 4.82. The van der Waals surface area contributed by atoms with Crippen LogP contribution in [0.2, 0.25) is 0 Å². The van der Waals surface area contributed by atoms with Gasteiger partial charge in [0.15, 0.2) is 0 Å². The van der Waals surface area contributed by atoms with Gasteiger partial charge in [-0.15, -0.1) is 0 Å². The van der Waals surface area contributed by atoms with E-state index in [4.69, 9.17) is 5.73 Å². The second-order valence-corrected chi connectivity index (χ2v) is 4.23. The van der Waals surface area contributed by atoms with Gasteiger partial charge in [-0.2, -0.15) is 0 Å². The molecular weight excluding hydrogens is 218 g/mol. The van der Waals surface area contributed by atoms with Crippen molar-refractivity contribution in [1.82, 2.24) is 10.3 Å². The van der Waals surface area contributed by atoms with E-state index in [2.05, 4.69) is 24.1 Å². The van der Waals surface area contributed by atoms with Crippen molar-refractivity contribution >= 4 is 11.8 Å². The number of pyridine rings is 1. The molecule has 2 amide bonds. The van der Waals surface area contributed by atoms with E-state index in [0.29, 0.717) is 18.0 Å². The number of nitrogens with two attached hydrogens (primary N) is 1. The highest BCUT2D eigenvalue weighted by Gasteiger charge is 2.07. The molecule has 17 heavy (non-hydrogen) atoms. The predicted molar refractivity (Wildman–Crippen MR) is 64.5 cm³/mol. The van der Waals surface area contributed by atoms with Crippen molar-refractivity contribution in [3.63, 3.8) is 0 Å². The Hall–Kier alpha value is -1.91. The molecule has 1 heterocycles. The largest absolute Gasteiger partial charge is 0.364 e. The van der Waals surface area contributed by atoms with E-state index >= 15 is 0 Å². The van der Waals surface area contributed by atoms with Crippen LogP contribution >= 0.6 is 0 Å². The van der Waals surface area contributed by atoms with Crippen molar-refractivity contribution in [2.24, 2.45) is 11.7 Å². The molecule has 5 heteroatoms. The molecule has 0 aromatic carbocycles. The number of amides is 2. The Morgan fingerprint density at radius 3 is 2.59 bits per heavy atom. The third-order valence-corrected chi connectivity index (χ3v) is 2.29. The Morgan fingerprint density at radius 1 is 1.41 bits per heavy atom. The summed E-state index contributed by atoms with van der Waals surface area (Å²) in [5.74, 6) is -0.239. The molecule has 0 aliphatic heterocycles. The van der Waals surface area contributed by atoms with E-state index in [1.807, 2.05) is 0 Å². The normalized spacial score (nSPS) is 10.3. The van der Waals surface area contributed by atoms with Gasteiger partial charge in [-0.05, 0) is 24.5 Å². The number of carbonyl (C=O) groups excluding carboxylic acids is 2. The van der Waals surface area contributed by atoms with Crippen LogP contribution in [0.5, 0.6) is 0 Å². The summed E-state index contributed by atoms with van der Waals surface area (Å²) in [4.78, 5) is 26.2. The molecule has 1 aromatic rings. The SMILES string of the molecule is CC(C)CCNC(=O)c1ccc(C(N)=O)nc1. The maximum Gasteiger partial charge on any atom is 0.267 e. The number of carbonyl (C=O) groups is 2. The molecule has 0 unspecified atom stereocenters. The molecule has 0 atom stereocenters. The quantitative estimate of drug-likeness (QED) is 0.797. The van der Waals surface area contributed by atoms with E-state index in [-0.39, 0.29) is 11.6 Å². The number of aromatic nitrogens is 1. The zero-order valence-corrected chi connectivity index (χ0v) is 10.1. The van der Waals surface area contributed by atoms with Crippen LogP contribution < -0.4 is 11.1 Å². The summed E-state index contributed by atoms with van der Waals surface area (Å²) >= 11 is 0. The Labute approximate surface area is 100 Å². The van der Waals surface area contributed by atoms with Crippen molar-refractivity contribution in [3.8, 4) is 0 Å². The van der Waals surface area contributed by atoms with Gasteiger partial charge in [-0.25, -0.2) is 0 Å². The van der Waals surface area contributed by atoms with Gasteiger partial charge >= 0.3 is 0 Å². The summed E-state index contributed by atoms with van der Waals surface area (Å²) in [7, 11) is 0. The van der Waals surface area contributed by atoms with Gasteiger partial charge in [0.2, 0.25) is 0 Å². The standard InChI is InChI=1S/C12H17N3O2/c1-8(2)5-6-14-12(17)9-3-4-10(11(13)16)15-7-9/h3-4,7-8H,5-6H2,1-2H3,(H2,13,16)(H,14,17). The molecule has 0 bridgehead atoms. The maximum atomic E-state index is 11.6. The molecule has 0 aliphatic carbocycles. The van der Waals surface area contributed by atoms with Crippen LogP contribution in [0.4, 0.5) is 0 Å². The van der Waals surface area contributed by atoms with Gasteiger partial charge in [-0.1, -0.05) is 13.8 Å². The minimum absolute atomic E-state index is 0.156. The third kappa shape index (κ3) is 4.22. The molecule has 0 spiro atoms. The van der Waals surface area contributed by atoms with E-state index < -0.39 is 5.91 Å². The van der Waals surface area contributed by atoms with Gasteiger partial charge in [-0.3, -0.25) is 14.6 Å². The molecule has 0 saturated carbocycles. The van der Waals surface area contributed by atoms with Gasteiger partial charge in [0, 0.05) is 12.7 Å². The van der Waals surface area contributed by atoms with Crippen LogP contribution in [0.1, 0.15) is 41.1 Å². The van der Waals surface area contributed by atoms with Crippen LogP contribution in [0, 0.1) is 5.92 Å². The van der Waals surface area contributed by atoms with E-state index in [1.165, 1.54) is 18.3 Å². The third-order valence-electron chi connectivity index (χ3n) is 2.29. The molecule has 3 N–H and O–H groups in total. The number of nitrogens with one attached hydrogen (secondary N) is 1. The van der Waals surface area contributed by atoms with Gasteiger partial charge < -0.3 is 11.1 Å². The minimum atomic E-state index is -0.600. The Balaban J connectivity index is 2.55. The lowest BCUT2D eigenvalue weighted by Gasteiger charge is -2.07. The van der Waals surface area contributed by atoms with E-state index in [1.54, 1.807) is 0 Å². The summed E-state index contributed by atoms with van der Waals surface area (Å²) in [6, 6.07) is 2.98. The summed E-state index contributed by atoms with van der Waals surface area (Å²) < 4.78 is 0. The second-order valence-electron chi connectivity index (χ2n) is 4.23. The Morgan fingerprint density at radius 2 is 2.12 bits per heavy atom. The fourth-order valence-corrected chi connectivity index (χ4v) is 1.25. The molecule has 5 nitrogen and oxygen atoms in total. The van der Waals surface area contributed by atoms with Crippen molar-refractivity contribution < 1.29 is 9.59 Å². The molecule has 0 fully saturated rings. The monoisotopic (exact) mass is 235 g/mol. The van der Waals surface area contributed by atoms with Gasteiger partial charge in [0.25, 0.3) is 11.8 Å². The first-order valence-electron chi connectivity index (χ1n) is 5.54. The number of rotatable bonds is 5. The molecule has 1 aromatic heterocycles. The number of nitrogens with zero attached hydrogens (tertiary/aromatic N) is 1. The van der Waals surface area contributed by atoms with Crippen molar-refractivity contribution in [2.45, 2.75) is 20.3 Å². The van der Waals surface area contributed by atoms with Crippen molar-refractivity contribution in [1.29, 1.82) is 0 Å². The zero-order valence-electron chi connectivity index (χ0n) is 10.1. The van der Waals surface area contributed by atoms with Crippen molar-refractivity contribution in [3.05, 3.63) is 29.6 Å². The number of hydrogen-bond acceptors (Lipinski definition) is 3. The molecule has 0 saturated heterocycles. The van der Waals surface area contributed by atoms with Gasteiger partial charge in [0.1, 0.15) is 5.69 Å². The molecule has 0 aliphatic rings. The van der Waals surface area contributed by atoms with Gasteiger partial charge in [0.05, 0.1) is 5.56 Å². The first-order valence-corrected chi connectivity index (χ1v) is 5.54. The number of hydrogen-bond donors (Lipinski definition) is 2. The summed E-state index contributed by atoms with van der Waals surface area (Å²) in [6.07, 6.45) is 2.28. The average molecular weight is 235 g/mol. The smallest absolute Gasteiger partial charge is 0.267 e. The summed E-state index contributed by atoms with van der Waals surface area (Å²) in [5, 5.41) is 2.78. The molecule has 0 radical (unpaired) electrons. The maximum absolute atomic E-state index is 11.6. The van der Waals surface area contributed by atoms with Crippen LogP contribution in [-0.2, 0) is 0 Å². The fourth-order valence-electron chi connectivity index (χ4n) is 1.25. The fraction of sp³-hybridized carbons (Fsp3) is 0.417. The Kier molecular flexibility index (Phi) is 4.63.